The van der Waals surface area contributed by atoms with Crippen LogP contribution in [0.4, 0.5) is 0 Å². The van der Waals surface area contributed by atoms with Gasteiger partial charge >= 0.3 is 0 Å². The average Bonchev–Trinajstić information content (AvgIpc) is 2.46. The minimum absolute atomic E-state index is 0.297. The normalized spacial score (nSPS) is 18.2. The van der Waals surface area contributed by atoms with Gasteiger partial charge in [0.2, 0.25) is 0 Å². The summed E-state index contributed by atoms with van der Waals surface area (Å²) in [5.41, 5.74) is 6.60. The van der Waals surface area contributed by atoms with Crippen LogP contribution in [-0.4, -0.2) is 55.6 Å². The van der Waals surface area contributed by atoms with Crippen LogP contribution in [0.5, 0.6) is 5.75 Å². The Morgan fingerprint density at radius 3 is 2.89 bits per heavy atom. The molecular formula is C14H22N2O3. The predicted molar refractivity (Wildman–Crippen MR) is 73.1 cm³/mol. The molecule has 0 aromatic heterocycles. The minimum atomic E-state index is -0.486. The lowest BCUT2D eigenvalue weighted by Crippen LogP contribution is -2.42. The third-order valence-electron chi connectivity index (χ3n) is 3.15. The second kappa shape index (κ2) is 7.45. The van der Waals surface area contributed by atoms with Crippen LogP contribution >= 0.6 is 0 Å². The molecule has 106 valence electrons. The number of rotatable bonds is 6. The second-order valence-corrected chi connectivity index (χ2v) is 4.73. The van der Waals surface area contributed by atoms with E-state index < -0.39 is 6.10 Å². The van der Waals surface area contributed by atoms with Gasteiger partial charge in [0.05, 0.1) is 13.2 Å². The number of aliphatic hydroxyl groups is 1. The molecule has 1 aliphatic rings. The van der Waals surface area contributed by atoms with E-state index in [0.29, 0.717) is 19.7 Å². The first-order valence-electron chi connectivity index (χ1n) is 6.68. The highest BCUT2D eigenvalue weighted by molar-refractivity contribution is 5.28. The lowest BCUT2D eigenvalue weighted by atomic mass is 10.2. The minimum Gasteiger partial charge on any atom is -0.491 e. The van der Waals surface area contributed by atoms with Gasteiger partial charge in [0.25, 0.3) is 0 Å². The van der Waals surface area contributed by atoms with Crippen LogP contribution in [0, 0.1) is 0 Å². The molecule has 0 saturated carbocycles. The van der Waals surface area contributed by atoms with Crippen LogP contribution in [0.2, 0.25) is 0 Å². The summed E-state index contributed by atoms with van der Waals surface area (Å²) in [5, 5.41) is 9.96. The standard InChI is InChI=1S/C14H22N2O3/c15-9-12-2-1-3-14(8-12)19-11-13(17)10-16-4-6-18-7-5-16/h1-3,8,13,17H,4-7,9-11,15H2. The molecule has 5 heteroatoms. The summed E-state index contributed by atoms with van der Waals surface area (Å²) in [6.45, 7) is 4.65. The van der Waals surface area contributed by atoms with E-state index in [1.165, 1.54) is 0 Å². The van der Waals surface area contributed by atoms with Gasteiger partial charge in [0.15, 0.2) is 0 Å². The summed E-state index contributed by atoms with van der Waals surface area (Å²) in [6.07, 6.45) is -0.486. The summed E-state index contributed by atoms with van der Waals surface area (Å²) < 4.78 is 10.9. The Bertz CT molecular complexity index is 381. The molecule has 1 atom stereocenters. The maximum absolute atomic E-state index is 9.96. The van der Waals surface area contributed by atoms with Crippen molar-refractivity contribution < 1.29 is 14.6 Å². The van der Waals surface area contributed by atoms with Crippen molar-refractivity contribution in [2.45, 2.75) is 12.6 Å². The highest BCUT2D eigenvalue weighted by Crippen LogP contribution is 2.13. The van der Waals surface area contributed by atoms with Crippen molar-refractivity contribution in [1.29, 1.82) is 0 Å². The van der Waals surface area contributed by atoms with E-state index in [-0.39, 0.29) is 0 Å². The highest BCUT2D eigenvalue weighted by atomic mass is 16.5. The van der Waals surface area contributed by atoms with E-state index in [4.69, 9.17) is 15.2 Å². The zero-order chi connectivity index (χ0) is 13.5. The van der Waals surface area contributed by atoms with Gasteiger partial charge in [-0.1, -0.05) is 12.1 Å². The number of nitrogens with zero attached hydrogens (tertiary/aromatic N) is 1. The molecule has 3 N–H and O–H groups in total. The summed E-state index contributed by atoms with van der Waals surface area (Å²) in [5.74, 6) is 0.754. The number of aliphatic hydroxyl groups excluding tert-OH is 1. The maximum atomic E-state index is 9.96. The van der Waals surface area contributed by atoms with Gasteiger partial charge in [-0.2, -0.15) is 0 Å². The van der Waals surface area contributed by atoms with Gasteiger partial charge in [-0.25, -0.2) is 0 Å². The molecule has 0 bridgehead atoms. The molecule has 1 aliphatic heterocycles. The SMILES string of the molecule is NCc1cccc(OCC(O)CN2CCOCC2)c1. The Kier molecular flexibility index (Phi) is 5.60. The van der Waals surface area contributed by atoms with Gasteiger partial charge in [-0.05, 0) is 17.7 Å². The van der Waals surface area contributed by atoms with Crippen molar-refractivity contribution in [3.05, 3.63) is 29.8 Å². The summed E-state index contributed by atoms with van der Waals surface area (Å²) in [4.78, 5) is 2.19. The molecule has 2 rings (SSSR count). The highest BCUT2D eigenvalue weighted by Gasteiger charge is 2.15. The number of morpholine rings is 1. The lowest BCUT2D eigenvalue weighted by Gasteiger charge is -2.28. The molecule has 1 aromatic rings. The molecule has 0 spiro atoms. The van der Waals surface area contributed by atoms with E-state index in [0.717, 1.165) is 37.6 Å². The van der Waals surface area contributed by atoms with Crippen LogP contribution in [0.1, 0.15) is 5.56 Å². The fraction of sp³-hybridized carbons (Fsp3) is 0.571. The van der Waals surface area contributed by atoms with Crippen molar-refractivity contribution >= 4 is 0 Å². The lowest BCUT2D eigenvalue weighted by molar-refractivity contribution is 0.00465. The summed E-state index contributed by atoms with van der Waals surface area (Å²) in [7, 11) is 0. The van der Waals surface area contributed by atoms with Crippen molar-refractivity contribution in [1.82, 2.24) is 4.90 Å². The smallest absolute Gasteiger partial charge is 0.119 e. The molecule has 0 aliphatic carbocycles. The Hall–Kier alpha value is -1.14. The number of hydrogen-bond acceptors (Lipinski definition) is 5. The Morgan fingerprint density at radius 2 is 2.16 bits per heavy atom. The quantitative estimate of drug-likeness (QED) is 0.771. The number of nitrogens with two attached hydrogens (primary N) is 1. The topological polar surface area (TPSA) is 68.0 Å². The predicted octanol–water partition coefficient (Wildman–Crippen LogP) is 0.217. The van der Waals surface area contributed by atoms with E-state index in [1.807, 2.05) is 24.3 Å². The van der Waals surface area contributed by atoms with Gasteiger partial charge in [-0.3, -0.25) is 4.90 Å². The molecule has 1 saturated heterocycles. The van der Waals surface area contributed by atoms with Crippen LogP contribution in [0.15, 0.2) is 24.3 Å². The van der Waals surface area contributed by atoms with Crippen molar-refractivity contribution in [3.63, 3.8) is 0 Å². The molecule has 1 aromatic carbocycles. The molecule has 1 heterocycles. The number of hydrogen-bond donors (Lipinski definition) is 2. The molecule has 0 radical (unpaired) electrons. The number of β-amino-alcohol motifs (C(OH)–C–C–N with tert-alkyl or cyclic N) is 1. The third-order valence-corrected chi connectivity index (χ3v) is 3.15. The van der Waals surface area contributed by atoms with Crippen LogP contribution < -0.4 is 10.5 Å². The second-order valence-electron chi connectivity index (χ2n) is 4.73. The third kappa shape index (κ3) is 4.80. The molecule has 1 fully saturated rings. The first-order valence-corrected chi connectivity index (χ1v) is 6.68. The van der Waals surface area contributed by atoms with Gasteiger partial charge in [0, 0.05) is 26.2 Å². The Labute approximate surface area is 113 Å². The van der Waals surface area contributed by atoms with Crippen molar-refractivity contribution in [2.24, 2.45) is 5.73 Å². The number of benzene rings is 1. The molecule has 1 unspecified atom stereocenters. The Balaban J connectivity index is 1.74. The van der Waals surface area contributed by atoms with Gasteiger partial charge in [-0.15, -0.1) is 0 Å². The maximum Gasteiger partial charge on any atom is 0.119 e. The van der Waals surface area contributed by atoms with E-state index in [2.05, 4.69) is 4.90 Å². The molecule has 19 heavy (non-hydrogen) atoms. The van der Waals surface area contributed by atoms with E-state index >= 15 is 0 Å². The first-order chi connectivity index (χ1) is 9.28. The summed E-state index contributed by atoms with van der Waals surface area (Å²) in [6, 6.07) is 7.64. The zero-order valence-electron chi connectivity index (χ0n) is 11.1. The van der Waals surface area contributed by atoms with Gasteiger partial charge in [0.1, 0.15) is 18.5 Å². The Morgan fingerprint density at radius 1 is 1.37 bits per heavy atom. The fourth-order valence-corrected chi connectivity index (χ4v) is 2.09. The van der Waals surface area contributed by atoms with Crippen molar-refractivity contribution in [3.8, 4) is 5.75 Å². The van der Waals surface area contributed by atoms with E-state index in [1.54, 1.807) is 0 Å². The molecular weight excluding hydrogens is 244 g/mol. The monoisotopic (exact) mass is 266 g/mol. The molecule has 0 amide bonds. The summed E-state index contributed by atoms with van der Waals surface area (Å²) >= 11 is 0. The van der Waals surface area contributed by atoms with Crippen LogP contribution in [-0.2, 0) is 11.3 Å². The van der Waals surface area contributed by atoms with E-state index in [9.17, 15) is 5.11 Å². The largest absolute Gasteiger partial charge is 0.491 e. The molecule has 5 nitrogen and oxygen atoms in total. The van der Waals surface area contributed by atoms with Crippen molar-refractivity contribution in [2.75, 3.05) is 39.5 Å². The average molecular weight is 266 g/mol. The van der Waals surface area contributed by atoms with Crippen LogP contribution in [0.3, 0.4) is 0 Å². The first kappa shape index (κ1) is 14.3. The zero-order valence-corrected chi connectivity index (χ0v) is 11.1. The number of ether oxygens (including phenoxy) is 2. The fourth-order valence-electron chi connectivity index (χ4n) is 2.09. The van der Waals surface area contributed by atoms with Gasteiger partial charge < -0.3 is 20.3 Å². The van der Waals surface area contributed by atoms with Crippen LogP contribution in [0.25, 0.3) is 0 Å².